The minimum Gasteiger partial charge on any atom is -0.395 e. The quantitative estimate of drug-likeness (QED) is 0.610. The molecule has 3 aromatic rings. The molecule has 6 nitrogen and oxygen atoms in total. The second kappa shape index (κ2) is 8.57. The van der Waals surface area contributed by atoms with Crippen LogP contribution in [0.5, 0.6) is 0 Å². The van der Waals surface area contributed by atoms with Gasteiger partial charge in [-0.2, -0.15) is 4.31 Å². The highest BCUT2D eigenvalue weighted by molar-refractivity contribution is 7.89. The van der Waals surface area contributed by atoms with E-state index in [9.17, 15) is 18.3 Å². The topological polar surface area (TPSA) is 90.5 Å². The van der Waals surface area contributed by atoms with Crippen molar-refractivity contribution in [2.24, 2.45) is 0 Å². The Morgan fingerprint density at radius 1 is 1.00 bits per heavy atom. The van der Waals surface area contributed by atoms with E-state index < -0.39 is 10.0 Å². The number of aliphatic hydroxyl groups excluding tert-OH is 1. The molecule has 2 aromatic carbocycles. The van der Waals surface area contributed by atoms with Crippen LogP contribution in [0.1, 0.15) is 43.0 Å². The standard InChI is InChI=1S/C24H30N2O4S/c1-16-12-18-14-19(23(28)25-22(18)13-17(16)2)15-26(10-11-27)31(29,30)21-8-6-20(7-9-21)24(3,4)5/h6-9,12-14,27H,10-11,15H2,1-5H3,(H,25,28). The number of H-pyrrole nitrogens is 1. The maximum atomic E-state index is 13.3. The summed E-state index contributed by atoms with van der Waals surface area (Å²) in [6.45, 7) is 9.57. The van der Waals surface area contributed by atoms with E-state index in [1.807, 2.05) is 26.0 Å². The van der Waals surface area contributed by atoms with Gasteiger partial charge in [0.2, 0.25) is 10.0 Å². The van der Waals surface area contributed by atoms with Crippen LogP contribution in [-0.4, -0.2) is 36.0 Å². The Morgan fingerprint density at radius 2 is 1.61 bits per heavy atom. The first-order valence-electron chi connectivity index (χ1n) is 10.3. The molecule has 3 rings (SSSR count). The van der Waals surface area contributed by atoms with Crippen LogP contribution in [0.25, 0.3) is 10.9 Å². The number of nitrogens with zero attached hydrogens (tertiary/aromatic N) is 1. The summed E-state index contributed by atoms with van der Waals surface area (Å²) in [5.41, 5.74) is 3.80. The van der Waals surface area contributed by atoms with Gasteiger partial charge in [0, 0.05) is 24.2 Å². The molecule has 166 valence electrons. The fourth-order valence-electron chi connectivity index (χ4n) is 3.50. The van der Waals surface area contributed by atoms with Crippen molar-refractivity contribution in [2.75, 3.05) is 13.2 Å². The van der Waals surface area contributed by atoms with Gasteiger partial charge in [0.15, 0.2) is 0 Å². The number of sulfonamides is 1. The summed E-state index contributed by atoms with van der Waals surface area (Å²) >= 11 is 0. The maximum Gasteiger partial charge on any atom is 0.252 e. The minimum absolute atomic E-state index is 0.0953. The molecule has 0 saturated heterocycles. The van der Waals surface area contributed by atoms with Gasteiger partial charge in [0.25, 0.3) is 5.56 Å². The van der Waals surface area contributed by atoms with Crippen LogP contribution in [0.15, 0.2) is 52.2 Å². The van der Waals surface area contributed by atoms with Crippen molar-refractivity contribution in [3.05, 3.63) is 75.1 Å². The lowest BCUT2D eigenvalue weighted by atomic mass is 9.87. The third-order valence-electron chi connectivity index (χ3n) is 5.59. The van der Waals surface area contributed by atoms with Crippen molar-refractivity contribution >= 4 is 20.9 Å². The molecular formula is C24H30N2O4S. The van der Waals surface area contributed by atoms with Gasteiger partial charge in [-0.15, -0.1) is 0 Å². The molecule has 0 aliphatic carbocycles. The second-order valence-electron chi connectivity index (χ2n) is 8.98. The normalized spacial score (nSPS) is 12.6. The van der Waals surface area contributed by atoms with Crippen LogP contribution in [-0.2, 0) is 22.0 Å². The third kappa shape index (κ3) is 4.89. The first kappa shape index (κ1) is 23.2. The average molecular weight is 443 g/mol. The Bertz CT molecular complexity index is 1250. The number of benzene rings is 2. The summed E-state index contributed by atoms with van der Waals surface area (Å²) in [4.78, 5) is 15.6. The number of aromatic nitrogens is 1. The molecule has 2 N–H and O–H groups in total. The first-order valence-corrected chi connectivity index (χ1v) is 11.7. The predicted octanol–water partition coefficient (Wildman–Crippen LogP) is 3.63. The van der Waals surface area contributed by atoms with E-state index in [0.29, 0.717) is 11.1 Å². The number of aryl methyl sites for hydroxylation is 2. The van der Waals surface area contributed by atoms with E-state index in [4.69, 9.17) is 0 Å². The summed E-state index contributed by atoms with van der Waals surface area (Å²) in [7, 11) is -3.89. The molecular weight excluding hydrogens is 412 g/mol. The summed E-state index contributed by atoms with van der Waals surface area (Å²) < 4.78 is 27.7. The van der Waals surface area contributed by atoms with Crippen molar-refractivity contribution in [3.63, 3.8) is 0 Å². The summed E-state index contributed by atoms with van der Waals surface area (Å²) in [5, 5.41) is 10.3. The van der Waals surface area contributed by atoms with Crippen molar-refractivity contribution in [1.82, 2.24) is 9.29 Å². The van der Waals surface area contributed by atoms with Crippen molar-refractivity contribution in [1.29, 1.82) is 0 Å². The fraction of sp³-hybridized carbons (Fsp3) is 0.375. The Balaban J connectivity index is 1.99. The molecule has 1 aromatic heterocycles. The Labute approximate surface area is 183 Å². The van der Waals surface area contributed by atoms with E-state index in [1.54, 1.807) is 30.3 Å². The number of aliphatic hydroxyl groups is 1. The molecule has 0 spiro atoms. The van der Waals surface area contributed by atoms with E-state index in [-0.39, 0.29) is 35.6 Å². The maximum absolute atomic E-state index is 13.3. The van der Waals surface area contributed by atoms with E-state index >= 15 is 0 Å². The average Bonchev–Trinajstić information content (AvgIpc) is 2.69. The molecule has 0 aliphatic heterocycles. The highest BCUT2D eigenvalue weighted by Crippen LogP contribution is 2.25. The van der Waals surface area contributed by atoms with Gasteiger partial charge >= 0.3 is 0 Å². The number of nitrogens with one attached hydrogen (secondary N) is 1. The van der Waals surface area contributed by atoms with Crippen molar-refractivity contribution in [3.8, 4) is 0 Å². The molecule has 0 aliphatic rings. The molecule has 0 radical (unpaired) electrons. The van der Waals surface area contributed by atoms with Crippen molar-refractivity contribution < 1.29 is 13.5 Å². The number of fused-ring (bicyclic) bond motifs is 1. The molecule has 0 unspecified atom stereocenters. The van der Waals surface area contributed by atoms with Crippen LogP contribution >= 0.6 is 0 Å². The Kier molecular flexibility index (Phi) is 6.41. The van der Waals surface area contributed by atoms with Crippen LogP contribution in [0.4, 0.5) is 0 Å². The number of pyridine rings is 1. The van der Waals surface area contributed by atoms with Crippen LogP contribution in [0.3, 0.4) is 0 Å². The lowest BCUT2D eigenvalue weighted by Gasteiger charge is -2.23. The number of hydrogen-bond donors (Lipinski definition) is 2. The third-order valence-corrected chi connectivity index (χ3v) is 7.45. The van der Waals surface area contributed by atoms with Gasteiger partial charge in [-0.25, -0.2) is 8.42 Å². The molecule has 0 amide bonds. The SMILES string of the molecule is Cc1cc2cc(CN(CCO)S(=O)(=O)c3ccc(C(C)(C)C)cc3)c(=O)[nH]c2cc1C. The minimum atomic E-state index is -3.89. The first-order chi connectivity index (χ1) is 14.4. The molecule has 0 saturated carbocycles. The van der Waals surface area contributed by atoms with Gasteiger partial charge in [-0.3, -0.25) is 4.79 Å². The number of hydrogen-bond acceptors (Lipinski definition) is 4. The molecule has 1 heterocycles. The molecule has 0 fully saturated rings. The Morgan fingerprint density at radius 3 is 2.19 bits per heavy atom. The smallest absolute Gasteiger partial charge is 0.252 e. The van der Waals surface area contributed by atoms with Crippen molar-refractivity contribution in [2.45, 2.75) is 51.5 Å². The number of rotatable bonds is 6. The lowest BCUT2D eigenvalue weighted by Crippen LogP contribution is -2.35. The van der Waals surface area contributed by atoms with Crippen LogP contribution < -0.4 is 5.56 Å². The second-order valence-corrected chi connectivity index (χ2v) is 10.9. The van der Waals surface area contributed by atoms with Gasteiger partial charge in [-0.05, 0) is 71.7 Å². The molecule has 0 atom stereocenters. The molecule has 7 heteroatoms. The van der Waals surface area contributed by atoms with Gasteiger partial charge in [0.1, 0.15) is 0 Å². The van der Waals surface area contributed by atoms with E-state index in [1.165, 1.54) is 0 Å². The zero-order valence-electron chi connectivity index (χ0n) is 18.7. The zero-order chi connectivity index (χ0) is 23.0. The highest BCUT2D eigenvalue weighted by Gasteiger charge is 2.26. The largest absolute Gasteiger partial charge is 0.395 e. The van der Waals surface area contributed by atoms with Crippen LogP contribution in [0, 0.1) is 13.8 Å². The summed E-state index contributed by atoms with van der Waals surface area (Å²) in [6, 6.07) is 12.4. The fourth-order valence-corrected chi connectivity index (χ4v) is 4.91. The van der Waals surface area contributed by atoms with E-state index in [0.717, 1.165) is 26.4 Å². The molecule has 31 heavy (non-hydrogen) atoms. The predicted molar refractivity (Wildman–Crippen MR) is 124 cm³/mol. The highest BCUT2D eigenvalue weighted by atomic mass is 32.2. The van der Waals surface area contributed by atoms with E-state index in [2.05, 4.69) is 25.8 Å². The molecule has 0 bridgehead atoms. The zero-order valence-corrected chi connectivity index (χ0v) is 19.5. The Hall–Kier alpha value is -2.48. The van der Waals surface area contributed by atoms with Crippen LogP contribution in [0.2, 0.25) is 0 Å². The monoisotopic (exact) mass is 442 g/mol. The van der Waals surface area contributed by atoms with Gasteiger partial charge in [0.05, 0.1) is 11.5 Å². The van der Waals surface area contributed by atoms with Gasteiger partial charge in [-0.1, -0.05) is 32.9 Å². The summed E-state index contributed by atoms with van der Waals surface area (Å²) in [5.74, 6) is 0. The number of aromatic amines is 1. The summed E-state index contributed by atoms with van der Waals surface area (Å²) in [6.07, 6.45) is 0. The van der Waals surface area contributed by atoms with Gasteiger partial charge < -0.3 is 10.1 Å². The lowest BCUT2D eigenvalue weighted by molar-refractivity contribution is 0.251.